The molecule has 4 rings (SSSR count). The number of aryl methyl sites for hydroxylation is 2. The number of anilines is 1. The molecule has 0 aliphatic rings. The van der Waals surface area contributed by atoms with Crippen LogP contribution in [0.15, 0.2) is 49.1 Å². The molecular formula is C19H19N7. The van der Waals surface area contributed by atoms with Crippen LogP contribution in [0.3, 0.4) is 0 Å². The van der Waals surface area contributed by atoms with Crippen molar-refractivity contribution < 1.29 is 0 Å². The molecule has 4 heterocycles. The summed E-state index contributed by atoms with van der Waals surface area (Å²) in [5.41, 5.74) is 4.42. The first-order valence-electron chi connectivity index (χ1n) is 8.54. The van der Waals surface area contributed by atoms with Crippen LogP contribution in [-0.4, -0.2) is 29.5 Å². The lowest BCUT2D eigenvalue weighted by atomic mass is 10.2. The smallest absolute Gasteiger partial charge is 0.165 e. The van der Waals surface area contributed by atoms with Gasteiger partial charge in [-0.05, 0) is 37.6 Å². The van der Waals surface area contributed by atoms with E-state index in [2.05, 4.69) is 37.2 Å². The van der Waals surface area contributed by atoms with Gasteiger partial charge in [-0.3, -0.25) is 9.97 Å². The molecule has 0 atom stereocenters. The fourth-order valence-corrected chi connectivity index (χ4v) is 2.79. The maximum absolute atomic E-state index is 4.50. The summed E-state index contributed by atoms with van der Waals surface area (Å²) in [5.74, 6) is 1.47. The SMILES string of the molecule is CCn1cnc2c(NCc3ccc(-c4ccccn4)nc3)nc(C)nc21. The Morgan fingerprint density at radius 3 is 2.62 bits per heavy atom. The van der Waals surface area contributed by atoms with Gasteiger partial charge in [-0.2, -0.15) is 0 Å². The molecular weight excluding hydrogens is 326 g/mol. The average molecular weight is 345 g/mol. The van der Waals surface area contributed by atoms with Crippen molar-refractivity contribution in [2.75, 3.05) is 5.32 Å². The zero-order valence-electron chi connectivity index (χ0n) is 14.7. The highest BCUT2D eigenvalue weighted by atomic mass is 15.1. The van der Waals surface area contributed by atoms with Crippen LogP contribution >= 0.6 is 0 Å². The molecule has 0 aliphatic carbocycles. The average Bonchev–Trinajstić information content (AvgIpc) is 3.10. The molecule has 0 radical (unpaired) electrons. The van der Waals surface area contributed by atoms with Gasteiger partial charge in [0.25, 0.3) is 0 Å². The number of fused-ring (bicyclic) bond motifs is 1. The quantitative estimate of drug-likeness (QED) is 0.598. The third-order valence-electron chi connectivity index (χ3n) is 4.13. The van der Waals surface area contributed by atoms with Crippen molar-refractivity contribution in [2.24, 2.45) is 0 Å². The number of rotatable bonds is 5. The van der Waals surface area contributed by atoms with Crippen LogP contribution in [0.1, 0.15) is 18.3 Å². The van der Waals surface area contributed by atoms with Crippen LogP contribution < -0.4 is 5.32 Å². The van der Waals surface area contributed by atoms with Gasteiger partial charge in [-0.15, -0.1) is 0 Å². The minimum atomic E-state index is 0.611. The molecule has 0 amide bonds. The van der Waals surface area contributed by atoms with Gasteiger partial charge in [0.15, 0.2) is 11.5 Å². The van der Waals surface area contributed by atoms with E-state index in [1.807, 2.05) is 48.0 Å². The molecule has 0 fully saturated rings. The number of imidazole rings is 1. The molecule has 0 unspecified atom stereocenters. The van der Waals surface area contributed by atoms with E-state index in [4.69, 9.17) is 0 Å². The van der Waals surface area contributed by atoms with Gasteiger partial charge in [0, 0.05) is 25.5 Å². The summed E-state index contributed by atoms with van der Waals surface area (Å²) in [7, 11) is 0. The third-order valence-corrected chi connectivity index (χ3v) is 4.13. The maximum Gasteiger partial charge on any atom is 0.165 e. The number of nitrogens with one attached hydrogen (secondary N) is 1. The van der Waals surface area contributed by atoms with Crippen LogP contribution in [0.4, 0.5) is 5.82 Å². The largest absolute Gasteiger partial charge is 0.364 e. The van der Waals surface area contributed by atoms with E-state index in [9.17, 15) is 0 Å². The van der Waals surface area contributed by atoms with E-state index in [1.54, 1.807) is 12.5 Å². The van der Waals surface area contributed by atoms with Gasteiger partial charge in [-0.1, -0.05) is 12.1 Å². The predicted octanol–water partition coefficient (Wildman–Crippen LogP) is 3.22. The third kappa shape index (κ3) is 3.11. The topological polar surface area (TPSA) is 81.4 Å². The van der Waals surface area contributed by atoms with Gasteiger partial charge >= 0.3 is 0 Å². The Morgan fingerprint density at radius 1 is 1.00 bits per heavy atom. The van der Waals surface area contributed by atoms with E-state index >= 15 is 0 Å². The molecule has 0 saturated carbocycles. The molecule has 0 spiro atoms. The highest BCUT2D eigenvalue weighted by molar-refractivity contribution is 5.83. The maximum atomic E-state index is 4.50. The van der Waals surface area contributed by atoms with Crippen molar-refractivity contribution in [3.63, 3.8) is 0 Å². The Balaban J connectivity index is 1.54. The van der Waals surface area contributed by atoms with E-state index in [1.165, 1.54) is 0 Å². The summed E-state index contributed by atoms with van der Waals surface area (Å²) >= 11 is 0. The molecule has 0 bridgehead atoms. The zero-order chi connectivity index (χ0) is 17.9. The fourth-order valence-electron chi connectivity index (χ4n) is 2.79. The molecule has 4 aromatic heterocycles. The minimum absolute atomic E-state index is 0.611. The van der Waals surface area contributed by atoms with Gasteiger partial charge < -0.3 is 9.88 Å². The van der Waals surface area contributed by atoms with Crippen LogP contribution in [0.2, 0.25) is 0 Å². The Morgan fingerprint density at radius 2 is 1.88 bits per heavy atom. The van der Waals surface area contributed by atoms with Crippen LogP contribution in [0, 0.1) is 6.92 Å². The van der Waals surface area contributed by atoms with Crippen molar-refractivity contribution >= 4 is 17.0 Å². The molecule has 0 aromatic carbocycles. The van der Waals surface area contributed by atoms with Crippen LogP contribution in [0.25, 0.3) is 22.6 Å². The fraction of sp³-hybridized carbons (Fsp3) is 0.211. The van der Waals surface area contributed by atoms with Crippen LogP contribution in [-0.2, 0) is 13.1 Å². The van der Waals surface area contributed by atoms with Gasteiger partial charge in [0.1, 0.15) is 11.3 Å². The number of pyridine rings is 2. The molecule has 7 heteroatoms. The van der Waals surface area contributed by atoms with E-state index in [-0.39, 0.29) is 0 Å². The number of hydrogen-bond donors (Lipinski definition) is 1. The van der Waals surface area contributed by atoms with Crippen molar-refractivity contribution in [3.8, 4) is 11.4 Å². The van der Waals surface area contributed by atoms with Crippen molar-refractivity contribution in [3.05, 3.63) is 60.4 Å². The molecule has 1 N–H and O–H groups in total. The number of nitrogens with zero attached hydrogens (tertiary/aromatic N) is 6. The summed E-state index contributed by atoms with van der Waals surface area (Å²) < 4.78 is 2.01. The summed E-state index contributed by atoms with van der Waals surface area (Å²) in [4.78, 5) is 22.3. The monoisotopic (exact) mass is 345 g/mol. The van der Waals surface area contributed by atoms with E-state index in [0.717, 1.165) is 46.3 Å². The first kappa shape index (κ1) is 16.1. The van der Waals surface area contributed by atoms with Crippen LogP contribution in [0.5, 0.6) is 0 Å². The first-order chi connectivity index (χ1) is 12.7. The molecule has 4 aromatic rings. The second-order valence-electron chi connectivity index (χ2n) is 5.94. The van der Waals surface area contributed by atoms with Crippen molar-refractivity contribution in [1.82, 2.24) is 29.5 Å². The van der Waals surface area contributed by atoms with Crippen molar-refractivity contribution in [1.29, 1.82) is 0 Å². The summed E-state index contributed by atoms with van der Waals surface area (Å²) in [6.07, 6.45) is 5.42. The van der Waals surface area contributed by atoms with Gasteiger partial charge in [0.2, 0.25) is 0 Å². The Hall–Kier alpha value is -3.35. The van der Waals surface area contributed by atoms with E-state index in [0.29, 0.717) is 6.54 Å². The highest BCUT2D eigenvalue weighted by Crippen LogP contribution is 2.20. The zero-order valence-corrected chi connectivity index (χ0v) is 14.7. The first-order valence-corrected chi connectivity index (χ1v) is 8.54. The Labute approximate surface area is 151 Å². The Bertz CT molecular complexity index is 1020. The predicted molar refractivity (Wildman–Crippen MR) is 101 cm³/mol. The summed E-state index contributed by atoms with van der Waals surface area (Å²) in [6, 6.07) is 9.82. The second kappa shape index (κ2) is 6.87. The lowest BCUT2D eigenvalue weighted by molar-refractivity contribution is 0.775. The standard InChI is InChI=1S/C19H19N7/c1-3-26-12-23-17-18(24-13(2)25-19(17)26)22-11-14-7-8-16(21-10-14)15-6-4-5-9-20-15/h4-10,12H,3,11H2,1-2H3,(H,22,24,25). The molecule has 7 nitrogen and oxygen atoms in total. The van der Waals surface area contributed by atoms with Gasteiger partial charge in [-0.25, -0.2) is 15.0 Å². The van der Waals surface area contributed by atoms with Crippen molar-refractivity contribution in [2.45, 2.75) is 26.9 Å². The number of aromatic nitrogens is 6. The van der Waals surface area contributed by atoms with Gasteiger partial charge in [0.05, 0.1) is 17.7 Å². The minimum Gasteiger partial charge on any atom is -0.364 e. The second-order valence-corrected chi connectivity index (χ2v) is 5.94. The molecule has 0 saturated heterocycles. The summed E-state index contributed by atoms with van der Waals surface area (Å²) in [6.45, 7) is 5.40. The highest BCUT2D eigenvalue weighted by Gasteiger charge is 2.11. The van der Waals surface area contributed by atoms with E-state index < -0.39 is 0 Å². The number of hydrogen-bond acceptors (Lipinski definition) is 6. The lowest BCUT2D eigenvalue weighted by Crippen LogP contribution is -2.05. The molecule has 26 heavy (non-hydrogen) atoms. The summed E-state index contributed by atoms with van der Waals surface area (Å²) in [5, 5.41) is 3.36. The normalized spacial score (nSPS) is 11.0. The molecule has 130 valence electrons. The Kier molecular flexibility index (Phi) is 4.27. The lowest BCUT2D eigenvalue weighted by Gasteiger charge is -2.08. The molecule has 0 aliphatic heterocycles.